The lowest BCUT2D eigenvalue weighted by atomic mass is 9.85. The summed E-state index contributed by atoms with van der Waals surface area (Å²) in [6.07, 6.45) is 10.9. The average Bonchev–Trinajstić information content (AvgIpc) is 2.42. The molecule has 3 heteroatoms. The Labute approximate surface area is 142 Å². The molecule has 0 radical (unpaired) electrons. The minimum absolute atomic E-state index is 0.193. The van der Waals surface area contributed by atoms with E-state index < -0.39 is 0 Å². The molecule has 22 heavy (non-hydrogen) atoms. The van der Waals surface area contributed by atoms with Gasteiger partial charge in [-0.25, -0.2) is 4.79 Å². The van der Waals surface area contributed by atoms with E-state index in [0.717, 1.165) is 19.3 Å². The lowest BCUT2D eigenvalue weighted by molar-refractivity contribution is -0.139. The summed E-state index contributed by atoms with van der Waals surface area (Å²) < 4.78 is 5.15. The van der Waals surface area contributed by atoms with Gasteiger partial charge in [-0.2, -0.15) is 0 Å². The predicted molar refractivity (Wildman–Crippen MR) is 96.4 cm³/mol. The van der Waals surface area contributed by atoms with Crippen LogP contribution in [0.25, 0.3) is 0 Å². The van der Waals surface area contributed by atoms with Crippen LogP contribution >= 0.6 is 11.6 Å². The maximum absolute atomic E-state index is 11.3. The minimum Gasteiger partial charge on any atom is -0.462 e. The van der Waals surface area contributed by atoms with E-state index >= 15 is 0 Å². The zero-order valence-corrected chi connectivity index (χ0v) is 15.8. The van der Waals surface area contributed by atoms with Crippen molar-refractivity contribution < 1.29 is 9.53 Å². The summed E-state index contributed by atoms with van der Waals surface area (Å²) in [4.78, 5) is 11.1. The van der Waals surface area contributed by atoms with Crippen molar-refractivity contribution in [2.24, 2.45) is 5.92 Å². The number of rotatable bonds is 13. The smallest absolute Gasteiger partial charge is 0.333 e. The quantitative estimate of drug-likeness (QED) is 0.172. The van der Waals surface area contributed by atoms with Gasteiger partial charge in [0.25, 0.3) is 0 Å². The van der Waals surface area contributed by atoms with Crippen molar-refractivity contribution in [1.29, 1.82) is 0 Å². The number of ether oxygens (including phenoxy) is 1. The highest BCUT2D eigenvalue weighted by molar-refractivity contribution is 6.23. The first-order valence-electron chi connectivity index (χ1n) is 8.80. The second-order valence-electron chi connectivity index (χ2n) is 6.88. The predicted octanol–water partition coefficient (Wildman–Crippen LogP) is 6.27. The van der Waals surface area contributed by atoms with Gasteiger partial charge in [-0.1, -0.05) is 52.0 Å². The number of esters is 1. The van der Waals surface area contributed by atoms with Crippen LogP contribution in [0.1, 0.15) is 85.5 Å². The van der Waals surface area contributed by atoms with Crippen molar-refractivity contribution in [2.45, 2.75) is 90.4 Å². The number of carbonyl (C=O) groups excluding carboxylic acids is 1. The van der Waals surface area contributed by atoms with E-state index in [2.05, 4.69) is 27.4 Å². The Morgan fingerprint density at radius 3 is 2.18 bits per heavy atom. The van der Waals surface area contributed by atoms with Gasteiger partial charge in [-0.05, 0) is 46.0 Å². The maximum atomic E-state index is 11.3. The van der Waals surface area contributed by atoms with E-state index in [1.54, 1.807) is 6.92 Å². The lowest BCUT2D eigenvalue weighted by Gasteiger charge is -2.28. The average molecular weight is 331 g/mol. The zero-order chi connectivity index (χ0) is 17.0. The van der Waals surface area contributed by atoms with Crippen LogP contribution < -0.4 is 0 Å². The van der Waals surface area contributed by atoms with Crippen molar-refractivity contribution >= 4 is 17.6 Å². The van der Waals surface area contributed by atoms with Crippen LogP contribution in [0.4, 0.5) is 0 Å². The van der Waals surface area contributed by atoms with Crippen molar-refractivity contribution in [2.75, 3.05) is 6.61 Å². The molecule has 0 aromatic rings. The highest BCUT2D eigenvalue weighted by Crippen LogP contribution is 2.32. The fourth-order valence-corrected chi connectivity index (χ4v) is 2.84. The molecule has 1 unspecified atom stereocenters. The molecule has 2 nitrogen and oxygen atoms in total. The van der Waals surface area contributed by atoms with Gasteiger partial charge in [0, 0.05) is 10.4 Å². The SMILES string of the molecule is C=C(C)C(=O)OCCCC(CCCCCCCC)C(C)(C)Cl. The summed E-state index contributed by atoms with van der Waals surface area (Å²) >= 11 is 6.53. The molecule has 0 spiro atoms. The van der Waals surface area contributed by atoms with Crippen molar-refractivity contribution in [3.8, 4) is 0 Å². The van der Waals surface area contributed by atoms with Gasteiger partial charge in [0.1, 0.15) is 0 Å². The Bertz CT molecular complexity index is 318. The van der Waals surface area contributed by atoms with Crippen LogP contribution in [0.3, 0.4) is 0 Å². The summed E-state index contributed by atoms with van der Waals surface area (Å²) in [6, 6.07) is 0. The monoisotopic (exact) mass is 330 g/mol. The highest BCUT2D eigenvalue weighted by atomic mass is 35.5. The second kappa shape index (κ2) is 12.0. The van der Waals surface area contributed by atoms with Gasteiger partial charge in [0.05, 0.1) is 6.61 Å². The summed E-state index contributed by atoms with van der Waals surface area (Å²) in [5, 5.41) is 0. The minimum atomic E-state index is -0.294. The molecular weight excluding hydrogens is 296 g/mol. The fourth-order valence-electron chi connectivity index (χ4n) is 2.62. The van der Waals surface area contributed by atoms with E-state index in [9.17, 15) is 4.79 Å². The van der Waals surface area contributed by atoms with Crippen LogP contribution in [0.15, 0.2) is 12.2 Å². The molecule has 0 amide bonds. The molecule has 0 aliphatic heterocycles. The molecule has 0 aromatic carbocycles. The Kier molecular flexibility index (Phi) is 11.7. The number of hydrogen-bond donors (Lipinski definition) is 0. The molecule has 0 aliphatic carbocycles. The lowest BCUT2D eigenvalue weighted by Crippen LogP contribution is -2.25. The molecule has 130 valence electrons. The van der Waals surface area contributed by atoms with Crippen molar-refractivity contribution in [3.63, 3.8) is 0 Å². The number of alkyl halides is 1. The van der Waals surface area contributed by atoms with Gasteiger partial charge in [0.2, 0.25) is 0 Å². The van der Waals surface area contributed by atoms with Crippen molar-refractivity contribution in [1.82, 2.24) is 0 Å². The largest absolute Gasteiger partial charge is 0.462 e. The van der Waals surface area contributed by atoms with Crippen molar-refractivity contribution in [3.05, 3.63) is 12.2 Å². The molecule has 1 atom stereocenters. The van der Waals surface area contributed by atoms with Crippen LogP contribution in [0.5, 0.6) is 0 Å². The summed E-state index contributed by atoms with van der Waals surface area (Å²) in [5.41, 5.74) is 0.460. The van der Waals surface area contributed by atoms with Gasteiger partial charge >= 0.3 is 5.97 Å². The third-order valence-corrected chi connectivity index (χ3v) is 4.46. The molecule has 0 aliphatic rings. The van der Waals surface area contributed by atoms with Gasteiger partial charge in [-0.3, -0.25) is 0 Å². The topological polar surface area (TPSA) is 26.3 Å². The fraction of sp³-hybridized carbons (Fsp3) is 0.842. The second-order valence-corrected chi connectivity index (χ2v) is 7.85. The Hall–Kier alpha value is -0.500. The van der Waals surface area contributed by atoms with Gasteiger partial charge in [0.15, 0.2) is 0 Å². The van der Waals surface area contributed by atoms with Crippen LogP contribution in [-0.2, 0) is 9.53 Å². The van der Waals surface area contributed by atoms with Gasteiger partial charge in [-0.15, -0.1) is 11.6 Å². The zero-order valence-electron chi connectivity index (χ0n) is 15.0. The number of halogens is 1. The molecular formula is C19H35ClO2. The Balaban J connectivity index is 3.94. The van der Waals surface area contributed by atoms with Gasteiger partial charge < -0.3 is 4.74 Å². The van der Waals surface area contributed by atoms with E-state index in [1.807, 2.05) is 0 Å². The van der Waals surface area contributed by atoms with Crippen LogP contribution in [-0.4, -0.2) is 17.5 Å². The molecule has 0 N–H and O–H groups in total. The number of hydrogen-bond acceptors (Lipinski definition) is 2. The van der Waals surface area contributed by atoms with E-state index in [0.29, 0.717) is 18.1 Å². The first-order valence-corrected chi connectivity index (χ1v) is 9.18. The van der Waals surface area contributed by atoms with E-state index in [4.69, 9.17) is 16.3 Å². The standard InChI is InChI=1S/C19H35ClO2/c1-6-7-8-9-10-11-13-17(19(4,5)20)14-12-15-22-18(21)16(2)3/h17H,2,6-15H2,1,3-5H3. The summed E-state index contributed by atoms with van der Waals surface area (Å²) in [5.74, 6) is 0.182. The molecule has 0 fully saturated rings. The normalized spacial score (nSPS) is 13.0. The van der Waals surface area contributed by atoms with E-state index in [1.165, 1.54) is 38.5 Å². The Morgan fingerprint density at radius 2 is 1.64 bits per heavy atom. The molecule has 0 rings (SSSR count). The maximum Gasteiger partial charge on any atom is 0.333 e. The number of unbranched alkanes of at least 4 members (excludes halogenated alkanes) is 5. The molecule has 0 heterocycles. The van der Waals surface area contributed by atoms with E-state index in [-0.39, 0.29) is 10.8 Å². The molecule has 0 saturated carbocycles. The third kappa shape index (κ3) is 11.1. The van der Waals surface area contributed by atoms with Crippen LogP contribution in [0.2, 0.25) is 0 Å². The number of carbonyl (C=O) groups is 1. The first-order chi connectivity index (χ1) is 10.3. The van der Waals surface area contributed by atoms with Crippen LogP contribution in [0, 0.1) is 5.92 Å². The molecule has 0 saturated heterocycles. The molecule has 0 aromatic heterocycles. The Morgan fingerprint density at radius 1 is 1.09 bits per heavy atom. The third-order valence-electron chi connectivity index (χ3n) is 4.16. The highest BCUT2D eigenvalue weighted by Gasteiger charge is 2.26. The summed E-state index contributed by atoms with van der Waals surface area (Å²) in [7, 11) is 0. The first kappa shape index (κ1) is 21.5. The molecule has 0 bridgehead atoms. The summed E-state index contributed by atoms with van der Waals surface area (Å²) in [6.45, 7) is 12.1.